The van der Waals surface area contributed by atoms with Crippen LogP contribution in [0.3, 0.4) is 0 Å². The zero-order valence-electron chi connectivity index (χ0n) is 18.2. The van der Waals surface area contributed by atoms with E-state index in [-0.39, 0.29) is 40.4 Å². The van der Waals surface area contributed by atoms with Crippen molar-refractivity contribution in [2.75, 3.05) is 0 Å². The van der Waals surface area contributed by atoms with Gasteiger partial charge in [-0.05, 0) is 53.4 Å². The predicted octanol–water partition coefficient (Wildman–Crippen LogP) is 5.00. The summed E-state index contributed by atoms with van der Waals surface area (Å²) in [5.41, 5.74) is 0.846. The number of nitrogens with one attached hydrogen (secondary N) is 1. The van der Waals surface area contributed by atoms with Crippen molar-refractivity contribution in [2.45, 2.75) is 12.3 Å². The number of ketones is 1. The number of aromatic amines is 1. The van der Waals surface area contributed by atoms with Gasteiger partial charge in [0.05, 0.1) is 12.0 Å². The molecular weight excluding hydrogens is 475 g/mol. The Labute approximate surface area is 200 Å². The van der Waals surface area contributed by atoms with Crippen LogP contribution in [-0.4, -0.2) is 16.7 Å². The van der Waals surface area contributed by atoms with Gasteiger partial charge in [-0.2, -0.15) is 0 Å². The van der Waals surface area contributed by atoms with Crippen molar-refractivity contribution in [2.24, 2.45) is 0 Å². The van der Waals surface area contributed by atoms with E-state index in [1.807, 2.05) is 12.1 Å². The number of H-pyrrole nitrogens is 1. The number of aromatic nitrogens is 1. The molecule has 6 rings (SSSR count). The van der Waals surface area contributed by atoms with E-state index in [2.05, 4.69) is 4.98 Å². The van der Waals surface area contributed by atoms with Gasteiger partial charge < -0.3 is 14.5 Å². The normalized spacial score (nSPS) is 17.6. The maximum absolute atomic E-state index is 13.7. The number of halogens is 3. The molecule has 0 saturated carbocycles. The van der Waals surface area contributed by atoms with Gasteiger partial charge in [0.1, 0.15) is 11.5 Å². The van der Waals surface area contributed by atoms with E-state index in [1.165, 1.54) is 12.1 Å². The zero-order chi connectivity index (χ0) is 25.1. The molecule has 2 aliphatic rings. The van der Waals surface area contributed by atoms with Gasteiger partial charge >= 0.3 is 5.97 Å². The van der Waals surface area contributed by atoms with Gasteiger partial charge in [-0.15, -0.1) is 0 Å². The van der Waals surface area contributed by atoms with Gasteiger partial charge in [-0.1, -0.05) is 18.2 Å². The van der Waals surface area contributed by atoms with Crippen LogP contribution < -0.4 is 15.0 Å². The van der Waals surface area contributed by atoms with E-state index in [0.29, 0.717) is 11.1 Å². The summed E-state index contributed by atoms with van der Waals surface area (Å²) >= 11 is 0. The third-order valence-electron chi connectivity index (χ3n) is 6.24. The maximum atomic E-state index is 13.7. The molecular formula is C27H14F3NO5. The summed E-state index contributed by atoms with van der Waals surface area (Å²) in [4.78, 5) is 41.2. The van der Waals surface area contributed by atoms with Gasteiger partial charge in [0.15, 0.2) is 23.2 Å². The standard InChI is InChI=1S/C27H14F3NO5/c28-17-7-12(8-18(29)24(17)30)9-21-25(33)14-5-6-20-23(26(14)36-21)15(11-22(32)35-20)16-10-13-3-1-2-4-19(13)31-27(16)34/h1-10,15H,11H2,(H,31,34)/b21-9+. The first kappa shape index (κ1) is 21.8. The van der Waals surface area contributed by atoms with Crippen LogP contribution in [0.1, 0.15) is 39.4 Å². The minimum absolute atomic E-state index is 0.0804. The number of para-hydroxylation sites is 1. The highest BCUT2D eigenvalue weighted by Crippen LogP contribution is 2.48. The lowest BCUT2D eigenvalue weighted by molar-refractivity contribution is -0.135. The molecule has 3 aromatic carbocycles. The number of esters is 1. The van der Waals surface area contributed by atoms with Crippen LogP contribution in [0.2, 0.25) is 0 Å². The van der Waals surface area contributed by atoms with E-state index in [9.17, 15) is 27.6 Å². The van der Waals surface area contributed by atoms with Crippen LogP contribution in [0.15, 0.2) is 65.2 Å². The van der Waals surface area contributed by atoms with E-state index < -0.39 is 40.7 Å². The number of benzene rings is 3. The summed E-state index contributed by atoms with van der Waals surface area (Å²) in [6, 6.07) is 13.2. The number of hydrogen-bond donors (Lipinski definition) is 1. The predicted molar refractivity (Wildman–Crippen MR) is 122 cm³/mol. The lowest BCUT2D eigenvalue weighted by atomic mass is 9.85. The smallest absolute Gasteiger partial charge is 0.312 e. The number of pyridine rings is 1. The number of hydrogen-bond acceptors (Lipinski definition) is 5. The highest BCUT2D eigenvalue weighted by atomic mass is 19.2. The second kappa shape index (κ2) is 7.94. The molecule has 0 spiro atoms. The van der Waals surface area contributed by atoms with Gasteiger partial charge in [0.25, 0.3) is 5.56 Å². The highest BCUT2D eigenvalue weighted by molar-refractivity contribution is 6.15. The second-order valence-corrected chi connectivity index (χ2v) is 8.46. The first-order valence-electron chi connectivity index (χ1n) is 10.9. The lowest BCUT2D eigenvalue weighted by Gasteiger charge is -2.26. The van der Waals surface area contributed by atoms with Crippen molar-refractivity contribution in [3.8, 4) is 11.5 Å². The van der Waals surface area contributed by atoms with Crippen LogP contribution in [0.4, 0.5) is 13.2 Å². The number of rotatable bonds is 2. The largest absolute Gasteiger partial charge is 0.452 e. The Balaban J connectivity index is 1.49. The summed E-state index contributed by atoms with van der Waals surface area (Å²) in [7, 11) is 0. The van der Waals surface area contributed by atoms with E-state index in [1.54, 1.807) is 18.2 Å². The number of carbonyl (C=O) groups is 2. The van der Waals surface area contributed by atoms with Gasteiger partial charge in [0.2, 0.25) is 5.78 Å². The SMILES string of the molecule is O=C1CC(c2cc3ccccc3[nH]c2=O)c2c(ccc3c2O/C(=C/c2cc(F)c(F)c(F)c2)C3=O)O1. The van der Waals surface area contributed by atoms with Crippen molar-refractivity contribution >= 4 is 28.7 Å². The minimum Gasteiger partial charge on any atom is -0.452 e. The van der Waals surface area contributed by atoms with Gasteiger partial charge in [-0.25, -0.2) is 13.2 Å². The molecule has 0 bridgehead atoms. The molecule has 9 heteroatoms. The van der Waals surface area contributed by atoms with Crippen LogP contribution in [0.25, 0.3) is 17.0 Å². The van der Waals surface area contributed by atoms with E-state index in [4.69, 9.17) is 9.47 Å². The van der Waals surface area contributed by atoms with Crippen LogP contribution >= 0.6 is 0 Å². The molecule has 1 atom stereocenters. The summed E-state index contributed by atoms with van der Waals surface area (Å²) in [6.45, 7) is 0. The molecule has 0 radical (unpaired) electrons. The first-order chi connectivity index (χ1) is 17.3. The Hall–Kier alpha value is -4.66. The fourth-order valence-corrected chi connectivity index (χ4v) is 4.60. The number of ether oxygens (including phenoxy) is 2. The molecule has 178 valence electrons. The fourth-order valence-electron chi connectivity index (χ4n) is 4.60. The molecule has 0 aliphatic carbocycles. The monoisotopic (exact) mass is 489 g/mol. The van der Waals surface area contributed by atoms with Gasteiger partial charge in [-0.3, -0.25) is 14.4 Å². The number of fused-ring (bicyclic) bond motifs is 4. The van der Waals surface area contributed by atoms with Crippen LogP contribution in [-0.2, 0) is 4.79 Å². The number of Topliss-reactive ketones (excluding diaryl/α,β-unsaturated/α-hetero) is 1. The van der Waals surface area contributed by atoms with Crippen molar-refractivity contribution in [1.82, 2.24) is 4.98 Å². The molecule has 3 heterocycles. The summed E-state index contributed by atoms with van der Waals surface area (Å²) in [5, 5.41) is 0.748. The Morgan fingerprint density at radius 3 is 2.44 bits per heavy atom. The Kier molecular flexibility index (Phi) is 4.82. The van der Waals surface area contributed by atoms with Gasteiger partial charge in [0, 0.05) is 22.6 Å². The summed E-state index contributed by atoms with van der Waals surface area (Å²) < 4.78 is 51.9. The first-order valence-corrected chi connectivity index (χ1v) is 10.9. The van der Waals surface area contributed by atoms with E-state index in [0.717, 1.165) is 23.6 Å². The average molecular weight is 489 g/mol. The maximum Gasteiger partial charge on any atom is 0.312 e. The molecule has 0 fully saturated rings. The summed E-state index contributed by atoms with van der Waals surface area (Å²) in [5.74, 6) is -6.41. The average Bonchev–Trinajstić information content (AvgIpc) is 3.16. The molecule has 36 heavy (non-hydrogen) atoms. The number of carbonyl (C=O) groups excluding carboxylic acids is 2. The minimum atomic E-state index is -1.63. The molecule has 4 aromatic rings. The third-order valence-corrected chi connectivity index (χ3v) is 6.24. The van der Waals surface area contributed by atoms with Crippen molar-refractivity contribution < 1.29 is 32.2 Å². The molecule has 0 amide bonds. The Bertz CT molecular complexity index is 1700. The number of allylic oxidation sites excluding steroid dienone is 1. The van der Waals surface area contributed by atoms with Crippen LogP contribution in [0.5, 0.6) is 11.5 Å². The van der Waals surface area contributed by atoms with E-state index >= 15 is 0 Å². The molecule has 1 N–H and O–H groups in total. The quantitative estimate of drug-likeness (QED) is 0.185. The molecule has 1 unspecified atom stereocenters. The molecule has 0 saturated heterocycles. The fraction of sp³-hybridized carbons (Fsp3) is 0.0741. The zero-order valence-corrected chi connectivity index (χ0v) is 18.2. The molecule has 1 aromatic heterocycles. The van der Waals surface area contributed by atoms with Crippen molar-refractivity contribution in [1.29, 1.82) is 0 Å². The molecule has 2 aliphatic heterocycles. The topological polar surface area (TPSA) is 85.5 Å². The van der Waals surface area contributed by atoms with Crippen molar-refractivity contribution in [3.63, 3.8) is 0 Å². The highest BCUT2D eigenvalue weighted by Gasteiger charge is 2.39. The van der Waals surface area contributed by atoms with Crippen LogP contribution in [0, 0.1) is 17.5 Å². The third kappa shape index (κ3) is 3.39. The lowest BCUT2D eigenvalue weighted by Crippen LogP contribution is -2.26. The second-order valence-electron chi connectivity index (χ2n) is 8.46. The molecule has 6 nitrogen and oxygen atoms in total. The summed E-state index contributed by atoms with van der Waals surface area (Å²) in [6.07, 6.45) is 0.920. The Morgan fingerprint density at radius 1 is 0.917 bits per heavy atom. The van der Waals surface area contributed by atoms with Crippen molar-refractivity contribution in [3.05, 3.63) is 110 Å². The Morgan fingerprint density at radius 2 is 1.67 bits per heavy atom.